The fraction of sp³-hybridized carbons (Fsp3) is 0.875. The molecule has 0 radical (unpaired) electrons. The average Bonchev–Trinajstić information content (AvgIpc) is 2.80. The van der Waals surface area contributed by atoms with Gasteiger partial charge in [0, 0.05) is 32.2 Å². The van der Waals surface area contributed by atoms with Crippen molar-refractivity contribution in [2.24, 2.45) is 0 Å². The summed E-state index contributed by atoms with van der Waals surface area (Å²) in [5, 5.41) is 2.78. The fourth-order valence-corrected chi connectivity index (χ4v) is 2.65. The van der Waals surface area contributed by atoms with Gasteiger partial charge in [0.05, 0.1) is 6.04 Å². The molecule has 2 aliphatic heterocycles. The number of hydrogen-bond donors (Lipinski definition) is 1. The lowest BCUT2D eigenvalue weighted by molar-refractivity contribution is -0.131. The molecule has 2 rings (SSSR count). The Morgan fingerprint density at radius 1 is 1.27 bits per heavy atom. The van der Waals surface area contributed by atoms with Crippen LogP contribution in [0, 0.1) is 0 Å². The van der Waals surface area contributed by atoms with Gasteiger partial charge in [-0.05, 0) is 33.6 Å². The highest BCUT2D eigenvalue weighted by Gasteiger charge is 2.36. The topological polar surface area (TPSA) is 67.9 Å². The third-order valence-electron chi connectivity index (χ3n) is 3.51. The Kier molecular flexibility index (Phi) is 7.13. The summed E-state index contributed by atoms with van der Waals surface area (Å²) in [5.74, 6) is 0.109. The van der Waals surface area contributed by atoms with Gasteiger partial charge in [0.15, 0.2) is 0 Å². The smallest absolute Gasteiger partial charge is 0.407 e. The van der Waals surface area contributed by atoms with Crippen molar-refractivity contribution in [2.75, 3.05) is 19.8 Å². The summed E-state index contributed by atoms with van der Waals surface area (Å²) in [6.45, 7) is 11.4. The Hall–Kier alpha value is -1.30. The standard InChI is InChI=1S/C14H24N2O4.C2H6/c1-14(2,3)20-13(18)15-10-8-12(17)16(9-10)11-4-6-19-7-5-11;1-2/h10-11H,4-9H2,1-3H3,(H,15,18);1-2H3. The van der Waals surface area contributed by atoms with Gasteiger partial charge in [-0.1, -0.05) is 13.8 Å². The van der Waals surface area contributed by atoms with Gasteiger partial charge in [0.25, 0.3) is 0 Å². The van der Waals surface area contributed by atoms with E-state index < -0.39 is 11.7 Å². The lowest BCUT2D eigenvalue weighted by atomic mass is 10.1. The largest absolute Gasteiger partial charge is 0.444 e. The summed E-state index contributed by atoms with van der Waals surface area (Å²) in [6.07, 6.45) is 1.66. The number of amides is 2. The lowest BCUT2D eigenvalue weighted by Crippen LogP contribution is -2.43. The zero-order valence-electron chi connectivity index (χ0n) is 14.5. The molecule has 2 aliphatic rings. The second-order valence-corrected chi connectivity index (χ2v) is 6.44. The van der Waals surface area contributed by atoms with Crippen LogP contribution in [-0.2, 0) is 14.3 Å². The SMILES string of the molecule is CC.CC(C)(C)OC(=O)NC1CC(=O)N(C2CCOCC2)C1. The van der Waals surface area contributed by atoms with Crippen molar-refractivity contribution in [1.82, 2.24) is 10.2 Å². The molecule has 0 aromatic carbocycles. The molecule has 1 unspecified atom stereocenters. The van der Waals surface area contributed by atoms with Gasteiger partial charge in [-0.3, -0.25) is 4.79 Å². The molecule has 1 N–H and O–H groups in total. The summed E-state index contributed by atoms with van der Waals surface area (Å²) in [4.78, 5) is 25.6. The maximum Gasteiger partial charge on any atom is 0.407 e. The third-order valence-corrected chi connectivity index (χ3v) is 3.51. The van der Waals surface area contributed by atoms with E-state index in [-0.39, 0.29) is 18.0 Å². The molecule has 128 valence electrons. The summed E-state index contributed by atoms with van der Waals surface area (Å²) in [6, 6.07) is 0.0990. The van der Waals surface area contributed by atoms with E-state index in [9.17, 15) is 9.59 Å². The Labute approximate surface area is 133 Å². The van der Waals surface area contributed by atoms with Gasteiger partial charge in [-0.25, -0.2) is 4.79 Å². The summed E-state index contributed by atoms with van der Waals surface area (Å²) >= 11 is 0. The molecule has 1 atom stereocenters. The van der Waals surface area contributed by atoms with Crippen LogP contribution in [0.1, 0.15) is 53.9 Å². The first-order chi connectivity index (χ1) is 10.3. The Bertz CT molecular complexity index is 373. The van der Waals surface area contributed by atoms with Gasteiger partial charge in [0.1, 0.15) is 5.60 Å². The first-order valence-electron chi connectivity index (χ1n) is 8.22. The Morgan fingerprint density at radius 3 is 2.41 bits per heavy atom. The zero-order chi connectivity index (χ0) is 16.8. The minimum absolute atomic E-state index is 0.109. The van der Waals surface area contributed by atoms with Crippen molar-refractivity contribution < 1.29 is 19.1 Å². The normalized spacial score (nSPS) is 22.9. The van der Waals surface area contributed by atoms with Crippen LogP contribution < -0.4 is 5.32 Å². The van der Waals surface area contributed by atoms with Crippen LogP contribution in [0.5, 0.6) is 0 Å². The van der Waals surface area contributed by atoms with Crippen molar-refractivity contribution in [2.45, 2.75) is 71.6 Å². The van der Waals surface area contributed by atoms with Gasteiger partial charge in [-0.15, -0.1) is 0 Å². The monoisotopic (exact) mass is 314 g/mol. The molecule has 0 bridgehead atoms. The fourth-order valence-electron chi connectivity index (χ4n) is 2.65. The van der Waals surface area contributed by atoms with Crippen LogP contribution in [0.4, 0.5) is 4.79 Å². The van der Waals surface area contributed by atoms with Gasteiger partial charge in [-0.2, -0.15) is 0 Å². The van der Waals surface area contributed by atoms with Crippen molar-refractivity contribution in [1.29, 1.82) is 0 Å². The van der Waals surface area contributed by atoms with Gasteiger partial charge < -0.3 is 19.7 Å². The van der Waals surface area contributed by atoms with Crippen molar-refractivity contribution in [3.63, 3.8) is 0 Å². The molecule has 6 nitrogen and oxygen atoms in total. The molecule has 2 fully saturated rings. The average molecular weight is 314 g/mol. The molecule has 0 aromatic rings. The molecule has 0 spiro atoms. The number of likely N-dealkylation sites (tertiary alicyclic amines) is 1. The molecule has 0 saturated carbocycles. The predicted octanol–water partition coefficient (Wildman–Crippen LogP) is 2.32. The van der Waals surface area contributed by atoms with E-state index in [0.29, 0.717) is 26.2 Å². The molecule has 2 amide bonds. The molecule has 22 heavy (non-hydrogen) atoms. The quantitative estimate of drug-likeness (QED) is 0.849. The molecular formula is C16H30N2O4. The molecule has 6 heteroatoms. The van der Waals surface area contributed by atoms with E-state index in [1.165, 1.54) is 0 Å². The van der Waals surface area contributed by atoms with Crippen LogP contribution in [0.25, 0.3) is 0 Å². The van der Waals surface area contributed by atoms with Crippen LogP contribution in [0.3, 0.4) is 0 Å². The highest BCUT2D eigenvalue weighted by molar-refractivity contribution is 5.81. The second kappa shape index (κ2) is 8.36. The van der Waals surface area contributed by atoms with Crippen molar-refractivity contribution in [3.8, 4) is 0 Å². The van der Waals surface area contributed by atoms with E-state index in [2.05, 4.69) is 5.32 Å². The number of hydrogen-bond acceptors (Lipinski definition) is 4. The number of carbonyl (C=O) groups excluding carboxylic acids is 2. The van der Waals surface area contributed by atoms with Crippen molar-refractivity contribution in [3.05, 3.63) is 0 Å². The van der Waals surface area contributed by atoms with E-state index in [1.54, 1.807) is 0 Å². The van der Waals surface area contributed by atoms with Crippen LogP contribution >= 0.6 is 0 Å². The molecule has 2 heterocycles. The van der Waals surface area contributed by atoms with E-state index in [1.807, 2.05) is 39.5 Å². The van der Waals surface area contributed by atoms with E-state index >= 15 is 0 Å². The minimum Gasteiger partial charge on any atom is -0.444 e. The molecule has 0 aliphatic carbocycles. The summed E-state index contributed by atoms with van der Waals surface area (Å²) < 4.78 is 10.5. The third kappa shape index (κ3) is 5.83. The first-order valence-corrected chi connectivity index (χ1v) is 8.22. The van der Waals surface area contributed by atoms with Crippen molar-refractivity contribution >= 4 is 12.0 Å². The van der Waals surface area contributed by atoms with E-state index in [0.717, 1.165) is 12.8 Å². The number of nitrogens with one attached hydrogen (secondary N) is 1. The predicted molar refractivity (Wildman–Crippen MR) is 84.7 cm³/mol. The zero-order valence-corrected chi connectivity index (χ0v) is 14.5. The number of rotatable bonds is 2. The second-order valence-electron chi connectivity index (χ2n) is 6.44. The van der Waals surface area contributed by atoms with Gasteiger partial charge >= 0.3 is 6.09 Å². The minimum atomic E-state index is -0.521. The lowest BCUT2D eigenvalue weighted by Gasteiger charge is -2.31. The molecular weight excluding hydrogens is 284 g/mol. The summed E-state index contributed by atoms with van der Waals surface area (Å²) in [7, 11) is 0. The maximum absolute atomic E-state index is 12.0. The number of ether oxygens (including phenoxy) is 2. The Balaban J connectivity index is 0.00000116. The van der Waals surface area contributed by atoms with Crippen LogP contribution in [0.2, 0.25) is 0 Å². The van der Waals surface area contributed by atoms with Crippen LogP contribution in [-0.4, -0.2) is 54.3 Å². The highest BCUT2D eigenvalue weighted by Crippen LogP contribution is 2.21. The molecule has 2 saturated heterocycles. The Morgan fingerprint density at radius 2 is 1.86 bits per heavy atom. The number of nitrogens with zero attached hydrogens (tertiary/aromatic N) is 1. The first kappa shape index (κ1) is 18.7. The summed E-state index contributed by atoms with van der Waals surface area (Å²) in [5.41, 5.74) is -0.521. The number of alkyl carbamates (subject to hydrolysis) is 1. The van der Waals surface area contributed by atoms with E-state index in [4.69, 9.17) is 9.47 Å². The number of carbonyl (C=O) groups is 2. The van der Waals surface area contributed by atoms with Crippen LogP contribution in [0.15, 0.2) is 0 Å². The maximum atomic E-state index is 12.0. The highest BCUT2D eigenvalue weighted by atomic mass is 16.6. The van der Waals surface area contributed by atoms with Gasteiger partial charge in [0.2, 0.25) is 5.91 Å². The molecule has 0 aromatic heterocycles.